The van der Waals surface area contributed by atoms with Crippen LogP contribution in [0.2, 0.25) is 0 Å². The molecule has 0 aromatic heterocycles. The molecule has 1 nitrogen and oxygen atoms in total. The molecule has 0 fully saturated rings. The van der Waals surface area contributed by atoms with E-state index in [0.717, 1.165) is 26.1 Å². The Morgan fingerprint density at radius 3 is 1.30 bits per heavy atom. The maximum absolute atomic E-state index is 6.11. The average molecular weight is 310 g/mol. The molecule has 0 spiro atoms. The second-order valence-electron chi connectivity index (χ2n) is 6.57. The Labute approximate surface area is 141 Å². The summed E-state index contributed by atoms with van der Waals surface area (Å²) in [6.07, 6.45) is 2.23. The van der Waals surface area contributed by atoms with Gasteiger partial charge in [-0.1, -0.05) is 73.5 Å². The maximum atomic E-state index is 6.11. The van der Waals surface area contributed by atoms with Crippen molar-refractivity contribution in [3.63, 3.8) is 0 Å². The molecule has 2 unspecified atom stereocenters. The highest BCUT2D eigenvalue weighted by Crippen LogP contribution is 2.24. The zero-order valence-electron chi connectivity index (χ0n) is 15.0. The molecule has 0 aliphatic rings. The first kappa shape index (κ1) is 17.7. The van der Waals surface area contributed by atoms with Crippen LogP contribution in [0.3, 0.4) is 0 Å². The van der Waals surface area contributed by atoms with Gasteiger partial charge >= 0.3 is 0 Å². The Bertz CT molecular complexity index is 514. The van der Waals surface area contributed by atoms with Gasteiger partial charge in [0.2, 0.25) is 0 Å². The quantitative estimate of drug-likeness (QED) is 0.580. The zero-order valence-corrected chi connectivity index (χ0v) is 15.0. The zero-order chi connectivity index (χ0) is 16.7. The largest absolute Gasteiger partial charge is 0.380 e. The smallest absolute Gasteiger partial charge is 0.0534 e. The van der Waals surface area contributed by atoms with Crippen LogP contribution in [0.5, 0.6) is 0 Å². The third-order valence-electron chi connectivity index (χ3n) is 4.72. The third-order valence-corrected chi connectivity index (χ3v) is 4.72. The molecule has 0 radical (unpaired) electrons. The minimum atomic E-state index is 0.492. The van der Waals surface area contributed by atoms with Crippen molar-refractivity contribution in [2.75, 3.05) is 13.2 Å². The topological polar surface area (TPSA) is 9.23 Å². The van der Waals surface area contributed by atoms with Gasteiger partial charge < -0.3 is 4.74 Å². The van der Waals surface area contributed by atoms with Gasteiger partial charge in [0.15, 0.2) is 0 Å². The molecule has 0 heterocycles. The van der Waals surface area contributed by atoms with Crippen molar-refractivity contribution in [2.45, 2.75) is 52.4 Å². The molecule has 0 saturated carbocycles. The van der Waals surface area contributed by atoms with Gasteiger partial charge in [-0.3, -0.25) is 0 Å². The van der Waals surface area contributed by atoms with E-state index in [1.165, 1.54) is 22.3 Å². The molecule has 124 valence electrons. The number of ether oxygens (including phenoxy) is 1. The summed E-state index contributed by atoms with van der Waals surface area (Å²) in [7, 11) is 0. The van der Waals surface area contributed by atoms with Crippen molar-refractivity contribution in [3.05, 3.63) is 70.8 Å². The Kier molecular flexibility index (Phi) is 6.85. The monoisotopic (exact) mass is 310 g/mol. The molecular formula is C22H30O. The standard InChI is InChI=1S/C22H30O/c1-5-19(21-11-7-17(3)8-12-21)15-23-16-20(6-2)22-13-9-18(4)10-14-22/h7-14,19-20H,5-6,15-16H2,1-4H3. The second-order valence-corrected chi connectivity index (χ2v) is 6.57. The third kappa shape index (κ3) is 5.21. The molecule has 0 saturated heterocycles. The van der Waals surface area contributed by atoms with E-state index in [-0.39, 0.29) is 0 Å². The fourth-order valence-corrected chi connectivity index (χ4v) is 2.93. The lowest BCUT2D eigenvalue weighted by molar-refractivity contribution is 0.104. The number of aryl methyl sites for hydroxylation is 2. The van der Waals surface area contributed by atoms with Crippen LogP contribution in [-0.4, -0.2) is 13.2 Å². The van der Waals surface area contributed by atoms with E-state index < -0.39 is 0 Å². The van der Waals surface area contributed by atoms with E-state index in [0.29, 0.717) is 11.8 Å². The molecule has 1 heteroatoms. The minimum absolute atomic E-state index is 0.492. The summed E-state index contributed by atoms with van der Waals surface area (Å²) in [5, 5.41) is 0. The highest BCUT2D eigenvalue weighted by molar-refractivity contribution is 5.25. The SMILES string of the molecule is CCC(COCC(CC)c1ccc(C)cc1)c1ccc(C)cc1. The molecule has 0 N–H and O–H groups in total. The number of rotatable bonds is 8. The Morgan fingerprint density at radius 1 is 0.652 bits per heavy atom. The first-order valence-corrected chi connectivity index (χ1v) is 8.84. The minimum Gasteiger partial charge on any atom is -0.380 e. The first-order valence-electron chi connectivity index (χ1n) is 8.84. The van der Waals surface area contributed by atoms with Crippen LogP contribution in [0, 0.1) is 13.8 Å². The second kappa shape index (κ2) is 8.88. The van der Waals surface area contributed by atoms with Crippen molar-refractivity contribution in [3.8, 4) is 0 Å². The van der Waals surface area contributed by atoms with Crippen LogP contribution in [0.1, 0.15) is 60.8 Å². The van der Waals surface area contributed by atoms with Gasteiger partial charge in [-0.2, -0.15) is 0 Å². The lowest BCUT2D eigenvalue weighted by Crippen LogP contribution is -2.13. The molecule has 2 atom stereocenters. The van der Waals surface area contributed by atoms with E-state index in [9.17, 15) is 0 Å². The predicted molar refractivity (Wildman–Crippen MR) is 99.2 cm³/mol. The van der Waals surface area contributed by atoms with Crippen LogP contribution in [0.4, 0.5) is 0 Å². The van der Waals surface area contributed by atoms with Gasteiger partial charge in [-0.05, 0) is 37.8 Å². The number of hydrogen-bond donors (Lipinski definition) is 0. The summed E-state index contributed by atoms with van der Waals surface area (Å²) in [5.41, 5.74) is 5.41. The highest BCUT2D eigenvalue weighted by atomic mass is 16.5. The molecule has 2 aromatic rings. The van der Waals surface area contributed by atoms with E-state index in [1.807, 2.05) is 0 Å². The van der Waals surface area contributed by atoms with Gasteiger partial charge in [-0.25, -0.2) is 0 Å². The molecule has 0 aliphatic carbocycles. The first-order chi connectivity index (χ1) is 11.1. The van der Waals surface area contributed by atoms with Crippen molar-refractivity contribution < 1.29 is 4.74 Å². The molecule has 0 bridgehead atoms. The summed E-state index contributed by atoms with van der Waals surface area (Å²) < 4.78 is 6.11. The van der Waals surface area contributed by atoms with Gasteiger partial charge in [0.1, 0.15) is 0 Å². The van der Waals surface area contributed by atoms with Crippen LogP contribution in [-0.2, 0) is 4.74 Å². The van der Waals surface area contributed by atoms with Gasteiger partial charge in [-0.15, -0.1) is 0 Å². The van der Waals surface area contributed by atoms with Gasteiger partial charge in [0.25, 0.3) is 0 Å². The lowest BCUT2D eigenvalue weighted by Gasteiger charge is -2.20. The molecule has 0 aliphatic heterocycles. The van der Waals surface area contributed by atoms with Crippen molar-refractivity contribution in [2.24, 2.45) is 0 Å². The summed E-state index contributed by atoms with van der Waals surface area (Å²) in [4.78, 5) is 0. The van der Waals surface area contributed by atoms with Gasteiger partial charge in [0.05, 0.1) is 13.2 Å². The molecule has 2 aromatic carbocycles. The normalized spacial score (nSPS) is 13.7. The number of benzene rings is 2. The Balaban J connectivity index is 1.90. The van der Waals surface area contributed by atoms with E-state index in [4.69, 9.17) is 4.74 Å². The molecule has 2 rings (SSSR count). The lowest BCUT2D eigenvalue weighted by atomic mass is 9.95. The predicted octanol–water partition coefficient (Wildman–Crippen LogP) is 6.01. The molecule has 23 heavy (non-hydrogen) atoms. The summed E-state index contributed by atoms with van der Waals surface area (Å²) in [6.45, 7) is 10.4. The average Bonchev–Trinajstić information content (AvgIpc) is 2.57. The number of hydrogen-bond acceptors (Lipinski definition) is 1. The van der Waals surface area contributed by atoms with Crippen LogP contribution >= 0.6 is 0 Å². The van der Waals surface area contributed by atoms with Crippen molar-refractivity contribution in [1.29, 1.82) is 0 Å². The van der Waals surface area contributed by atoms with Crippen LogP contribution in [0.15, 0.2) is 48.5 Å². The van der Waals surface area contributed by atoms with Gasteiger partial charge in [0, 0.05) is 11.8 Å². The Morgan fingerprint density at radius 2 is 1.00 bits per heavy atom. The van der Waals surface area contributed by atoms with E-state index in [2.05, 4.69) is 76.2 Å². The highest BCUT2D eigenvalue weighted by Gasteiger charge is 2.13. The fraction of sp³-hybridized carbons (Fsp3) is 0.455. The maximum Gasteiger partial charge on any atom is 0.0534 e. The summed E-state index contributed by atoms with van der Waals surface area (Å²) in [6, 6.07) is 17.7. The molecular weight excluding hydrogens is 280 g/mol. The van der Waals surface area contributed by atoms with E-state index >= 15 is 0 Å². The Hall–Kier alpha value is -1.60. The summed E-state index contributed by atoms with van der Waals surface area (Å²) in [5.74, 6) is 0.984. The van der Waals surface area contributed by atoms with Crippen molar-refractivity contribution >= 4 is 0 Å². The van der Waals surface area contributed by atoms with E-state index in [1.54, 1.807) is 0 Å². The van der Waals surface area contributed by atoms with Crippen molar-refractivity contribution in [1.82, 2.24) is 0 Å². The van der Waals surface area contributed by atoms with Crippen LogP contribution in [0.25, 0.3) is 0 Å². The fourth-order valence-electron chi connectivity index (χ4n) is 2.93. The summed E-state index contributed by atoms with van der Waals surface area (Å²) >= 11 is 0. The molecule has 0 amide bonds. The van der Waals surface area contributed by atoms with Crippen LogP contribution < -0.4 is 0 Å².